The molecule has 3 aromatic rings. The smallest absolute Gasteiger partial charge is 0.259 e. The minimum atomic E-state index is -3.43. The molecule has 10 nitrogen and oxygen atoms in total. The molecule has 0 saturated heterocycles. The lowest BCUT2D eigenvalue weighted by molar-refractivity contribution is -0.133. The highest BCUT2D eigenvalue weighted by Gasteiger charge is 2.38. The second-order valence-electron chi connectivity index (χ2n) is 9.79. The van der Waals surface area contributed by atoms with Crippen molar-refractivity contribution >= 4 is 32.2 Å². The zero-order valence-corrected chi connectivity index (χ0v) is 22.9. The Labute approximate surface area is 231 Å². The van der Waals surface area contributed by atoms with E-state index in [1.165, 1.54) is 18.5 Å². The van der Waals surface area contributed by atoms with Crippen LogP contribution >= 0.6 is 11.3 Å². The van der Waals surface area contributed by atoms with Crippen LogP contribution in [0.25, 0.3) is 0 Å². The van der Waals surface area contributed by atoms with E-state index in [0.29, 0.717) is 39.9 Å². The van der Waals surface area contributed by atoms with Crippen LogP contribution in [0.15, 0.2) is 53.8 Å². The van der Waals surface area contributed by atoms with Gasteiger partial charge in [-0.25, -0.2) is 18.4 Å². The van der Waals surface area contributed by atoms with Gasteiger partial charge in [-0.3, -0.25) is 10.1 Å². The average molecular weight is 574 g/mol. The summed E-state index contributed by atoms with van der Waals surface area (Å²) in [6.45, 7) is -0.372. The summed E-state index contributed by atoms with van der Waals surface area (Å²) < 4.78 is 37.1. The number of nitrogens with zero attached hydrogens (tertiary/aromatic N) is 2. The number of rotatable bonds is 11. The van der Waals surface area contributed by atoms with Gasteiger partial charge in [0, 0.05) is 11.8 Å². The van der Waals surface area contributed by atoms with Gasteiger partial charge in [-0.2, -0.15) is 0 Å². The number of benzene rings is 1. The standard InChI is InChI=1S/C27H31N3O7S2/c31-16-22(32)17-6-9-20(10-7-17)36-24-15-29-27(38-24)30-26(33)25(37-19-4-2-1-3-5-19)18-8-13-23(28-14-18)39(34,35)21-11-12-21/h6-10,13-15,19,21-22,25,31-32H,1-5,11-12,16H2,(H,29,30,33). The molecule has 0 bridgehead atoms. The van der Waals surface area contributed by atoms with Crippen molar-refractivity contribution in [2.75, 3.05) is 11.9 Å². The van der Waals surface area contributed by atoms with Crippen LogP contribution in [-0.4, -0.2) is 52.5 Å². The summed E-state index contributed by atoms with van der Waals surface area (Å²) in [4.78, 5) is 21.8. The van der Waals surface area contributed by atoms with Gasteiger partial charge in [0.15, 0.2) is 26.1 Å². The summed E-state index contributed by atoms with van der Waals surface area (Å²) in [6, 6.07) is 9.70. The highest BCUT2D eigenvalue weighted by atomic mass is 32.2. The zero-order chi connectivity index (χ0) is 27.4. The molecule has 5 rings (SSSR count). The quantitative estimate of drug-likeness (QED) is 0.305. The predicted molar refractivity (Wildman–Crippen MR) is 144 cm³/mol. The fraction of sp³-hybridized carbons (Fsp3) is 0.444. The van der Waals surface area contributed by atoms with Gasteiger partial charge in [0.2, 0.25) is 5.06 Å². The Bertz CT molecular complexity index is 1370. The van der Waals surface area contributed by atoms with Crippen molar-refractivity contribution in [2.45, 2.75) is 73.5 Å². The van der Waals surface area contributed by atoms with E-state index in [0.717, 1.165) is 43.4 Å². The van der Waals surface area contributed by atoms with Crippen LogP contribution in [0.3, 0.4) is 0 Å². The molecule has 1 aromatic carbocycles. The van der Waals surface area contributed by atoms with Gasteiger partial charge >= 0.3 is 0 Å². The average Bonchev–Trinajstić information content (AvgIpc) is 3.74. The summed E-state index contributed by atoms with van der Waals surface area (Å²) in [5.74, 6) is 0.0830. The third-order valence-electron chi connectivity index (χ3n) is 6.81. The van der Waals surface area contributed by atoms with Crippen LogP contribution in [0, 0.1) is 0 Å². The normalized spacial score (nSPS) is 17.9. The first kappa shape index (κ1) is 27.7. The maximum Gasteiger partial charge on any atom is 0.259 e. The molecule has 208 valence electrons. The summed E-state index contributed by atoms with van der Waals surface area (Å²) in [7, 11) is -3.43. The number of aliphatic hydroxyl groups excluding tert-OH is 2. The predicted octanol–water partition coefficient (Wildman–Crippen LogP) is 4.32. The lowest BCUT2D eigenvalue weighted by Gasteiger charge is -2.27. The number of amides is 1. The summed E-state index contributed by atoms with van der Waals surface area (Å²) in [5, 5.41) is 22.0. The van der Waals surface area contributed by atoms with Crippen molar-refractivity contribution in [2.24, 2.45) is 0 Å². The molecule has 0 spiro atoms. The molecule has 2 aromatic heterocycles. The summed E-state index contributed by atoms with van der Waals surface area (Å²) in [5.41, 5.74) is 1.05. The van der Waals surface area contributed by atoms with E-state index < -0.39 is 28.0 Å². The van der Waals surface area contributed by atoms with Crippen molar-refractivity contribution in [3.8, 4) is 10.8 Å². The second kappa shape index (κ2) is 12.1. The first-order valence-corrected chi connectivity index (χ1v) is 15.4. The molecule has 2 aliphatic carbocycles. The number of anilines is 1. The van der Waals surface area contributed by atoms with Crippen molar-refractivity contribution < 1.29 is 32.9 Å². The van der Waals surface area contributed by atoms with Gasteiger partial charge in [0.1, 0.15) is 11.9 Å². The Morgan fingerprint density at radius 1 is 1.00 bits per heavy atom. The number of hydrogen-bond acceptors (Lipinski definition) is 10. The maximum atomic E-state index is 13.4. The van der Waals surface area contributed by atoms with Crippen LogP contribution in [-0.2, 0) is 19.4 Å². The summed E-state index contributed by atoms with van der Waals surface area (Å²) >= 11 is 1.14. The van der Waals surface area contributed by atoms with Crippen molar-refractivity contribution in [1.29, 1.82) is 0 Å². The third kappa shape index (κ3) is 6.82. The highest BCUT2D eigenvalue weighted by molar-refractivity contribution is 7.92. The number of pyridine rings is 1. The number of sulfone groups is 1. The van der Waals surface area contributed by atoms with Gasteiger partial charge in [0.25, 0.3) is 5.91 Å². The number of thiazole rings is 1. The van der Waals surface area contributed by atoms with E-state index in [2.05, 4.69) is 15.3 Å². The van der Waals surface area contributed by atoms with Crippen LogP contribution < -0.4 is 10.1 Å². The molecule has 2 unspecified atom stereocenters. The molecule has 2 fully saturated rings. The third-order valence-corrected chi connectivity index (χ3v) is 9.77. The molecule has 0 aliphatic heterocycles. The molecular formula is C27H31N3O7S2. The number of aromatic nitrogens is 2. The zero-order valence-electron chi connectivity index (χ0n) is 21.2. The van der Waals surface area contributed by atoms with Gasteiger partial charge in [-0.1, -0.05) is 48.8 Å². The van der Waals surface area contributed by atoms with Crippen LogP contribution in [0.5, 0.6) is 10.8 Å². The molecule has 2 saturated carbocycles. The minimum Gasteiger partial charge on any atom is -0.445 e. The number of nitrogens with one attached hydrogen (secondary N) is 1. The lowest BCUT2D eigenvalue weighted by Crippen LogP contribution is -2.29. The Morgan fingerprint density at radius 2 is 1.72 bits per heavy atom. The van der Waals surface area contributed by atoms with Crippen LogP contribution in [0.4, 0.5) is 5.13 Å². The molecule has 1 amide bonds. The number of aliphatic hydroxyl groups is 2. The molecular weight excluding hydrogens is 542 g/mol. The first-order chi connectivity index (χ1) is 18.8. The van der Waals surface area contributed by atoms with Crippen LogP contribution in [0.1, 0.15) is 68.3 Å². The number of hydrogen-bond donors (Lipinski definition) is 3. The van der Waals surface area contributed by atoms with Crippen molar-refractivity contribution in [1.82, 2.24) is 9.97 Å². The van der Waals surface area contributed by atoms with Crippen molar-refractivity contribution in [3.63, 3.8) is 0 Å². The van der Waals surface area contributed by atoms with Gasteiger partial charge < -0.3 is 19.7 Å². The Balaban J connectivity index is 1.28. The topological polar surface area (TPSA) is 148 Å². The fourth-order valence-electron chi connectivity index (χ4n) is 4.46. The lowest BCUT2D eigenvalue weighted by atomic mass is 9.97. The molecule has 39 heavy (non-hydrogen) atoms. The van der Waals surface area contributed by atoms with E-state index in [-0.39, 0.29) is 23.0 Å². The first-order valence-electron chi connectivity index (χ1n) is 13.0. The Kier molecular flexibility index (Phi) is 8.57. The number of ether oxygens (including phenoxy) is 2. The number of carbonyl (C=O) groups is 1. The van der Waals surface area contributed by atoms with E-state index in [1.54, 1.807) is 30.3 Å². The van der Waals surface area contributed by atoms with E-state index >= 15 is 0 Å². The molecule has 12 heteroatoms. The monoisotopic (exact) mass is 573 g/mol. The largest absolute Gasteiger partial charge is 0.445 e. The fourth-order valence-corrected chi connectivity index (χ4v) is 6.71. The molecule has 3 N–H and O–H groups in total. The molecule has 0 radical (unpaired) electrons. The van der Waals surface area contributed by atoms with E-state index in [1.807, 2.05) is 0 Å². The second-order valence-corrected chi connectivity index (χ2v) is 13.0. The Morgan fingerprint density at radius 3 is 2.36 bits per heavy atom. The Hall–Kier alpha value is -2.90. The van der Waals surface area contributed by atoms with Gasteiger partial charge in [0.05, 0.1) is 24.2 Å². The molecule has 2 aliphatic rings. The SMILES string of the molecule is O=C(Nc1ncc(Oc2ccc(C(O)CO)cc2)s1)C(OC1CCCCC1)c1ccc(S(=O)(=O)C2CC2)nc1. The maximum absolute atomic E-state index is 13.4. The highest BCUT2D eigenvalue weighted by Crippen LogP contribution is 2.35. The van der Waals surface area contributed by atoms with E-state index in [9.17, 15) is 18.3 Å². The minimum absolute atomic E-state index is 0.0196. The van der Waals surface area contributed by atoms with E-state index in [4.69, 9.17) is 14.6 Å². The van der Waals surface area contributed by atoms with Gasteiger partial charge in [-0.05, 0) is 49.4 Å². The molecule has 2 heterocycles. The van der Waals surface area contributed by atoms with Crippen LogP contribution in [0.2, 0.25) is 0 Å². The van der Waals surface area contributed by atoms with Gasteiger partial charge in [-0.15, -0.1) is 0 Å². The number of carbonyl (C=O) groups excluding carboxylic acids is 1. The summed E-state index contributed by atoms with van der Waals surface area (Å²) in [6.07, 6.45) is 7.11. The van der Waals surface area contributed by atoms with Crippen molar-refractivity contribution in [3.05, 3.63) is 59.9 Å². The molecule has 2 atom stereocenters.